The van der Waals surface area contributed by atoms with E-state index >= 15 is 0 Å². The Morgan fingerprint density at radius 2 is 2.16 bits per heavy atom. The molecule has 1 unspecified atom stereocenters. The van der Waals surface area contributed by atoms with Crippen molar-refractivity contribution in [3.05, 3.63) is 59.4 Å². The molecule has 0 aliphatic carbocycles. The van der Waals surface area contributed by atoms with Crippen LogP contribution in [0.1, 0.15) is 11.7 Å². The Hall–Kier alpha value is -1.72. The van der Waals surface area contributed by atoms with Crippen LogP contribution in [0.15, 0.2) is 53.7 Å². The predicted molar refractivity (Wildman–Crippen MR) is 74.1 cm³/mol. The number of rotatable bonds is 5. The third-order valence-corrected chi connectivity index (χ3v) is 3.75. The fourth-order valence-electron chi connectivity index (χ4n) is 1.63. The Labute approximate surface area is 116 Å². The molecule has 0 saturated heterocycles. The third kappa shape index (κ3) is 3.62. The number of aliphatic hydroxyl groups excluding tert-OH is 1. The molecule has 0 aliphatic rings. The molecule has 1 aromatic carbocycles. The predicted octanol–water partition coefficient (Wildman–Crippen LogP) is 2.15. The fraction of sp³-hybridized carbons (Fsp3) is 0.214. The van der Waals surface area contributed by atoms with E-state index in [2.05, 4.69) is 0 Å². The van der Waals surface area contributed by atoms with Crippen LogP contribution in [-0.4, -0.2) is 18.0 Å². The van der Waals surface area contributed by atoms with Crippen molar-refractivity contribution in [2.45, 2.75) is 11.1 Å². The van der Waals surface area contributed by atoms with Crippen molar-refractivity contribution >= 4 is 11.8 Å². The van der Waals surface area contributed by atoms with Crippen molar-refractivity contribution in [1.82, 2.24) is 0 Å². The maximum absolute atomic E-state index is 11.5. The highest BCUT2D eigenvalue weighted by Gasteiger charge is 2.12. The topological polar surface area (TPSA) is 56.4 Å². The van der Waals surface area contributed by atoms with Crippen LogP contribution in [-0.2, 0) is 0 Å². The first-order valence-corrected chi connectivity index (χ1v) is 6.82. The second kappa shape index (κ2) is 6.45. The van der Waals surface area contributed by atoms with E-state index in [0.29, 0.717) is 16.5 Å². The Morgan fingerprint density at radius 1 is 1.32 bits per heavy atom. The van der Waals surface area contributed by atoms with Gasteiger partial charge in [0.2, 0.25) is 0 Å². The Balaban J connectivity index is 2.01. The van der Waals surface area contributed by atoms with Crippen molar-refractivity contribution in [2.24, 2.45) is 0 Å². The summed E-state index contributed by atoms with van der Waals surface area (Å²) in [5.74, 6) is 1.12. The van der Waals surface area contributed by atoms with Gasteiger partial charge in [-0.15, -0.1) is 0 Å². The first-order valence-electron chi connectivity index (χ1n) is 5.83. The van der Waals surface area contributed by atoms with Gasteiger partial charge in [0.25, 0.3) is 5.03 Å². The van der Waals surface area contributed by atoms with E-state index in [9.17, 15) is 10.3 Å². The summed E-state index contributed by atoms with van der Waals surface area (Å²) in [5, 5.41) is 22.1. The van der Waals surface area contributed by atoms with E-state index in [1.54, 1.807) is 31.4 Å². The molecule has 0 aliphatic heterocycles. The zero-order valence-electron chi connectivity index (χ0n) is 10.5. The molecule has 1 N–H and O–H groups in total. The van der Waals surface area contributed by atoms with Gasteiger partial charge in [-0.2, -0.15) is 4.73 Å². The molecular weight excluding hydrogens is 262 g/mol. The maximum atomic E-state index is 11.5. The third-order valence-electron chi connectivity index (χ3n) is 2.66. The van der Waals surface area contributed by atoms with Crippen LogP contribution >= 0.6 is 11.8 Å². The summed E-state index contributed by atoms with van der Waals surface area (Å²) in [6.45, 7) is 0. The Kier molecular flexibility index (Phi) is 4.65. The minimum atomic E-state index is -0.639. The van der Waals surface area contributed by atoms with Gasteiger partial charge >= 0.3 is 0 Å². The lowest BCUT2D eigenvalue weighted by Gasteiger charge is -2.11. The number of aliphatic hydroxyl groups is 1. The van der Waals surface area contributed by atoms with Gasteiger partial charge in [0.1, 0.15) is 5.75 Å². The molecule has 0 amide bonds. The van der Waals surface area contributed by atoms with Crippen molar-refractivity contribution in [1.29, 1.82) is 0 Å². The number of hydrogen-bond acceptors (Lipinski definition) is 4. The number of ether oxygens (including phenoxy) is 1. The quantitative estimate of drug-likeness (QED) is 0.517. The highest BCUT2D eigenvalue weighted by molar-refractivity contribution is 7.99. The minimum absolute atomic E-state index is 0.416. The maximum Gasteiger partial charge on any atom is 0.251 e. The summed E-state index contributed by atoms with van der Waals surface area (Å²) in [6, 6.07) is 12.5. The van der Waals surface area contributed by atoms with Gasteiger partial charge in [0, 0.05) is 17.9 Å². The van der Waals surface area contributed by atoms with Gasteiger partial charge in [-0.3, -0.25) is 0 Å². The molecule has 19 heavy (non-hydrogen) atoms. The van der Waals surface area contributed by atoms with Crippen molar-refractivity contribution in [3.63, 3.8) is 0 Å². The Bertz CT molecular complexity index is 548. The zero-order chi connectivity index (χ0) is 13.7. The average molecular weight is 277 g/mol. The molecule has 2 aromatic rings. The molecule has 5 heteroatoms. The van der Waals surface area contributed by atoms with Crippen LogP contribution < -0.4 is 9.47 Å². The zero-order valence-corrected chi connectivity index (χ0v) is 11.3. The molecule has 100 valence electrons. The summed E-state index contributed by atoms with van der Waals surface area (Å²) in [7, 11) is 1.59. The summed E-state index contributed by atoms with van der Waals surface area (Å²) < 4.78 is 5.91. The molecule has 2 rings (SSSR count). The van der Waals surface area contributed by atoms with Crippen LogP contribution in [0.3, 0.4) is 0 Å². The molecule has 0 saturated carbocycles. The highest BCUT2D eigenvalue weighted by atomic mass is 32.2. The van der Waals surface area contributed by atoms with Gasteiger partial charge in [0.15, 0.2) is 6.20 Å². The molecule has 0 spiro atoms. The summed E-state index contributed by atoms with van der Waals surface area (Å²) in [5.41, 5.74) is 0.778. The molecule has 1 atom stereocenters. The number of hydrogen-bond donors (Lipinski definition) is 1. The second-order valence-electron chi connectivity index (χ2n) is 3.97. The molecule has 0 fully saturated rings. The number of thioether (sulfide) groups is 1. The van der Waals surface area contributed by atoms with E-state index in [-0.39, 0.29) is 0 Å². The first kappa shape index (κ1) is 13.7. The fourth-order valence-corrected chi connectivity index (χ4v) is 2.52. The Morgan fingerprint density at radius 3 is 2.89 bits per heavy atom. The lowest BCUT2D eigenvalue weighted by Crippen LogP contribution is -2.28. The monoisotopic (exact) mass is 277 g/mol. The van der Waals surface area contributed by atoms with Crippen molar-refractivity contribution < 1.29 is 14.6 Å². The lowest BCUT2D eigenvalue weighted by atomic mass is 10.1. The minimum Gasteiger partial charge on any atom is -0.618 e. The largest absolute Gasteiger partial charge is 0.618 e. The standard InChI is InChI=1S/C14H15NO3S/c1-18-12-6-4-5-11(9-12)13(16)10-19-14-7-2-3-8-15(14)17/h2-9,13,16H,10H2,1H3. The summed E-state index contributed by atoms with van der Waals surface area (Å²) in [6.07, 6.45) is 0.806. The smallest absolute Gasteiger partial charge is 0.251 e. The van der Waals surface area contributed by atoms with Gasteiger partial charge in [-0.05, 0) is 23.8 Å². The van der Waals surface area contributed by atoms with Crippen LogP contribution in [0, 0.1) is 5.21 Å². The van der Waals surface area contributed by atoms with Crippen LogP contribution in [0.25, 0.3) is 0 Å². The van der Waals surface area contributed by atoms with Gasteiger partial charge in [0.05, 0.1) is 13.2 Å². The van der Waals surface area contributed by atoms with Crippen LogP contribution in [0.4, 0.5) is 0 Å². The summed E-state index contributed by atoms with van der Waals surface area (Å²) in [4.78, 5) is 0. The first-order chi connectivity index (χ1) is 9.20. The van der Waals surface area contributed by atoms with Crippen molar-refractivity contribution in [3.8, 4) is 5.75 Å². The SMILES string of the molecule is COc1cccc(C(O)CSc2cccc[n+]2[O-])c1. The molecule has 1 aromatic heterocycles. The van der Waals surface area contributed by atoms with Gasteiger partial charge < -0.3 is 15.1 Å². The second-order valence-corrected chi connectivity index (χ2v) is 5.01. The van der Waals surface area contributed by atoms with Crippen LogP contribution in [0.2, 0.25) is 0 Å². The molecule has 0 bridgehead atoms. The number of benzene rings is 1. The van der Waals surface area contributed by atoms with Gasteiger partial charge in [-0.25, -0.2) is 0 Å². The van der Waals surface area contributed by atoms with E-state index in [1.165, 1.54) is 18.0 Å². The van der Waals surface area contributed by atoms with Gasteiger partial charge in [-0.1, -0.05) is 23.9 Å². The molecule has 0 radical (unpaired) electrons. The molecular formula is C14H15NO3S. The number of nitrogens with zero attached hydrogens (tertiary/aromatic N) is 1. The summed E-state index contributed by atoms with van der Waals surface area (Å²) >= 11 is 1.32. The molecule has 1 heterocycles. The molecule has 4 nitrogen and oxygen atoms in total. The lowest BCUT2D eigenvalue weighted by molar-refractivity contribution is -0.645. The van der Waals surface area contributed by atoms with E-state index in [1.807, 2.05) is 18.2 Å². The number of methoxy groups -OCH3 is 1. The van der Waals surface area contributed by atoms with E-state index < -0.39 is 6.10 Å². The van der Waals surface area contributed by atoms with Crippen LogP contribution in [0.5, 0.6) is 5.75 Å². The van der Waals surface area contributed by atoms with E-state index in [0.717, 1.165) is 10.3 Å². The average Bonchev–Trinajstić information content (AvgIpc) is 2.46. The number of aromatic nitrogens is 1. The highest BCUT2D eigenvalue weighted by Crippen LogP contribution is 2.24. The van der Waals surface area contributed by atoms with Crippen molar-refractivity contribution in [2.75, 3.05) is 12.9 Å². The number of pyridine rings is 1. The van der Waals surface area contributed by atoms with E-state index in [4.69, 9.17) is 4.74 Å². The normalized spacial score (nSPS) is 12.1.